The average molecular weight is 230 g/mol. The summed E-state index contributed by atoms with van der Waals surface area (Å²) < 4.78 is 1.94. The van der Waals surface area contributed by atoms with Crippen LogP contribution >= 0.6 is 11.6 Å². The summed E-state index contributed by atoms with van der Waals surface area (Å²) in [4.78, 5) is 0. The van der Waals surface area contributed by atoms with Gasteiger partial charge in [-0.2, -0.15) is 5.10 Å². The standard InChI is InChI=1S/C11H20ClN3/c1-4-11(7-13-5-9(2)3)15-8-10(12)6-14-15/h6,8-9,11,13H,4-5,7H2,1-3H3. The molecule has 1 rings (SSSR count). The second kappa shape index (κ2) is 6.13. The van der Waals surface area contributed by atoms with Crippen molar-refractivity contribution in [2.24, 2.45) is 5.92 Å². The highest BCUT2D eigenvalue weighted by Crippen LogP contribution is 2.13. The molecule has 0 spiro atoms. The van der Waals surface area contributed by atoms with Gasteiger partial charge in [0.15, 0.2) is 0 Å². The molecule has 15 heavy (non-hydrogen) atoms. The highest BCUT2D eigenvalue weighted by atomic mass is 35.5. The molecule has 1 N–H and O–H groups in total. The molecule has 1 heterocycles. The van der Waals surface area contributed by atoms with Crippen molar-refractivity contribution in [3.63, 3.8) is 0 Å². The Kier molecular flexibility index (Phi) is 5.12. The van der Waals surface area contributed by atoms with Crippen molar-refractivity contribution in [2.75, 3.05) is 13.1 Å². The summed E-state index contributed by atoms with van der Waals surface area (Å²) in [6.07, 6.45) is 4.63. The highest BCUT2D eigenvalue weighted by molar-refractivity contribution is 6.30. The Hall–Kier alpha value is -0.540. The average Bonchev–Trinajstić information content (AvgIpc) is 2.59. The maximum absolute atomic E-state index is 5.84. The van der Waals surface area contributed by atoms with Gasteiger partial charge in [-0.3, -0.25) is 4.68 Å². The minimum atomic E-state index is 0.399. The zero-order valence-corrected chi connectivity index (χ0v) is 10.5. The Bertz CT molecular complexity index is 283. The highest BCUT2D eigenvalue weighted by Gasteiger charge is 2.09. The Labute approximate surface area is 96.8 Å². The molecule has 0 aromatic carbocycles. The first-order valence-corrected chi connectivity index (χ1v) is 5.91. The van der Waals surface area contributed by atoms with Crippen LogP contribution in [0.5, 0.6) is 0 Å². The molecule has 1 atom stereocenters. The van der Waals surface area contributed by atoms with Gasteiger partial charge < -0.3 is 5.32 Å². The summed E-state index contributed by atoms with van der Waals surface area (Å²) in [6, 6.07) is 0.399. The van der Waals surface area contributed by atoms with Crippen LogP contribution in [0.3, 0.4) is 0 Å². The minimum Gasteiger partial charge on any atom is -0.314 e. The van der Waals surface area contributed by atoms with E-state index in [1.807, 2.05) is 10.9 Å². The lowest BCUT2D eigenvalue weighted by molar-refractivity contribution is 0.399. The molecule has 4 heteroatoms. The van der Waals surface area contributed by atoms with Crippen molar-refractivity contribution in [1.29, 1.82) is 0 Å². The lowest BCUT2D eigenvalue weighted by Crippen LogP contribution is -2.28. The number of halogens is 1. The summed E-state index contributed by atoms with van der Waals surface area (Å²) in [7, 11) is 0. The van der Waals surface area contributed by atoms with E-state index in [0.29, 0.717) is 17.0 Å². The summed E-state index contributed by atoms with van der Waals surface area (Å²) in [5.74, 6) is 0.684. The van der Waals surface area contributed by atoms with E-state index in [-0.39, 0.29) is 0 Å². The van der Waals surface area contributed by atoms with Crippen molar-refractivity contribution in [3.8, 4) is 0 Å². The summed E-state index contributed by atoms with van der Waals surface area (Å²) in [5.41, 5.74) is 0. The maximum Gasteiger partial charge on any atom is 0.0785 e. The molecule has 0 saturated heterocycles. The van der Waals surface area contributed by atoms with Gasteiger partial charge >= 0.3 is 0 Å². The van der Waals surface area contributed by atoms with Gasteiger partial charge in [-0.15, -0.1) is 0 Å². The first kappa shape index (κ1) is 12.5. The summed E-state index contributed by atoms with van der Waals surface area (Å²) in [5, 5.41) is 8.37. The van der Waals surface area contributed by atoms with Gasteiger partial charge in [0.05, 0.1) is 17.3 Å². The van der Waals surface area contributed by atoms with Crippen LogP contribution in [0.4, 0.5) is 0 Å². The van der Waals surface area contributed by atoms with E-state index in [2.05, 4.69) is 31.2 Å². The minimum absolute atomic E-state index is 0.399. The van der Waals surface area contributed by atoms with Crippen molar-refractivity contribution in [2.45, 2.75) is 33.2 Å². The van der Waals surface area contributed by atoms with E-state index in [4.69, 9.17) is 11.6 Å². The van der Waals surface area contributed by atoms with Gasteiger partial charge in [0.25, 0.3) is 0 Å². The van der Waals surface area contributed by atoms with Crippen molar-refractivity contribution >= 4 is 11.6 Å². The first-order valence-electron chi connectivity index (χ1n) is 5.53. The molecule has 0 aliphatic rings. The van der Waals surface area contributed by atoms with Gasteiger partial charge in [0.1, 0.15) is 0 Å². The largest absolute Gasteiger partial charge is 0.314 e. The smallest absolute Gasteiger partial charge is 0.0785 e. The third-order valence-corrected chi connectivity index (χ3v) is 2.54. The molecule has 86 valence electrons. The SMILES string of the molecule is CCC(CNCC(C)C)n1cc(Cl)cn1. The quantitative estimate of drug-likeness (QED) is 0.813. The molecule has 0 aliphatic carbocycles. The van der Waals surface area contributed by atoms with Gasteiger partial charge in [-0.25, -0.2) is 0 Å². The number of nitrogens with zero attached hydrogens (tertiary/aromatic N) is 2. The zero-order chi connectivity index (χ0) is 11.3. The molecule has 0 saturated carbocycles. The van der Waals surface area contributed by atoms with E-state index in [0.717, 1.165) is 19.5 Å². The number of aromatic nitrogens is 2. The molecule has 1 aromatic rings. The van der Waals surface area contributed by atoms with E-state index in [9.17, 15) is 0 Å². The van der Waals surface area contributed by atoms with Crippen LogP contribution in [0, 0.1) is 5.92 Å². The fraction of sp³-hybridized carbons (Fsp3) is 0.727. The van der Waals surface area contributed by atoms with Gasteiger partial charge in [-0.05, 0) is 18.9 Å². The van der Waals surface area contributed by atoms with Crippen molar-refractivity contribution in [1.82, 2.24) is 15.1 Å². The number of hydrogen-bond donors (Lipinski definition) is 1. The third-order valence-electron chi connectivity index (χ3n) is 2.35. The first-order chi connectivity index (χ1) is 7.13. The number of nitrogens with one attached hydrogen (secondary N) is 1. The monoisotopic (exact) mass is 229 g/mol. The number of rotatable bonds is 6. The van der Waals surface area contributed by atoms with Crippen molar-refractivity contribution in [3.05, 3.63) is 17.4 Å². The fourth-order valence-corrected chi connectivity index (χ4v) is 1.62. The van der Waals surface area contributed by atoms with Crippen LogP contribution in [0.1, 0.15) is 33.2 Å². The predicted octanol–water partition coefficient (Wildman–Crippen LogP) is 2.73. The van der Waals surface area contributed by atoms with Crippen LogP contribution in [0.15, 0.2) is 12.4 Å². The van der Waals surface area contributed by atoms with Gasteiger partial charge in [0.2, 0.25) is 0 Å². The van der Waals surface area contributed by atoms with Crippen LogP contribution in [0.25, 0.3) is 0 Å². The summed E-state index contributed by atoms with van der Waals surface area (Å²) in [6.45, 7) is 8.58. The van der Waals surface area contributed by atoms with Crippen LogP contribution < -0.4 is 5.32 Å². The Morgan fingerprint density at radius 2 is 2.20 bits per heavy atom. The molecule has 0 fully saturated rings. The fourth-order valence-electron chi connectivity index (χ4n) is 1.48. The van der Waals surface area contributed by atoms with E-state index < -0.39 is 0 Å². The molecule has 0 amide bonds. The molecule has 0 aliphatic heterocycles. The van der Waals surface area contributed by atoms with E-state index in [1.54, 1.807) is 6.20 Å². The van der Waals surface area contributed by atoms with Gasteiger partial charge in [-0.1, -0.05) is 32.4 Å². The summed E-state index contributed by atoms with van der Waals surface area (Å²) >= 11 is 5.84. The Morgan fingerprint density at radius 3 is 2.67 bits per heavy atom. The normalized spacial score (nSPS) is 13.4. The number of hydrogen-bond acceptors (Lipinski definition) is 2. The molecule has 0 bridgehead atoms. The molecule has 1 aromatic heterocycles. The third kappa shape index (κ3) is 4.22. The van der Waals surface area contributed by atoms with Crippen molar-refractivity contribution < 1.29 is 0 Å². The molecular weight excluding hydrogens is 210 g/mol. The lowest BCUT2D eigenvalue weighted by atomic mass is 10.2. The second-order valence-corrected chi connectivity index (χ2v) is 4.69. The molecule has 1 unspecified atom stereocenters. The van der Waals surface area contributed by atoms with E-state index >= 15 is 0 Å². The van der Waals surface area contributed by atoms with Gasteiger partial charge in [0, 0.05) is 12.7 Å². The molecular formula is C11H20ClN3. The predicted molar refractivity (Wildman–Crippen MR) is 64.3 cm³/mol. The molecule has 3 nitrogen and oxygen atoms in total. The van der Waals surface area contributed by atoms with Crippen LogP contribution in [0.2, 0.25) is 5.02 Å². The Morgan fingerprint density at radius 1 is 1.47 bits per heavy atom. The Balaban J connectivity index is 2.42. The van der Waals surface area contributed by atoms with Crippen LogP contribution in [-0.2, 0) is 0 Å². The molecule has 0 radical (unpaired) electrons. The van der Waals surface area contributed by atoms with E-state index in [1.165, 1.54) is 0 Å². The maximum atomic E-state index is 5.84. The lowest BCUT2D eigenvalue weighted by Gasteiger charge is -2.17. The second-order valence-electron chi connectivity index (χ2n) is 4.25. The zero-order valence-electron chi connectivity index (χ0n) is 9.70. The topological polar surface area (TPSA) is 29.9 Å². The van der Waals surface area contributed by atoms with Crippen LogP contribution in [-0.4, -0.2) is 22.9 Å².